The molecule has 3 aromatic rings. The fraction of sp³-hybridized carbons (Fsp3) is 0.200. The zero-order valence-corrected chi connectivity index (χ0v) is 14.9. The number of benzene rings is 2. The van der Waals surface area contributed by atoms with Crippen LogP contribution in [0, 0.1) is 0 Å². The Kier molecular flexibility index (Phi) is 5.24. The summed E-state index contributed by atoms with van der Waals surface area (Å²) in [6, 6.07) is 17.2. The van der Waals surface area contributed by atoms with E-state index >= 15 is 0 Å². The van der Waals surface area contributed by atoms with Gasteiger partial charge in [0.25, 0.3) is 0 Å². The van der Waals surface area contributed by atoms with E-state index in [1.807, 2.05) is 54.6 Å². The van der Waals surface area contributed by atoms with Crippen molar-refractivity contribution >= 4 is 34.4 Å². The second-order valence-electron chi connectivity index (χ2n) is 5.70. The first-order valence-electron chi connectivity index (χ1n) is 8.00. The maximum atomic E-state index is 13.3. The van der Waals surface area contributed by atoms with Crippen molar-refractivity contribution < 1.29 is 14.3 Å². The number of hydrogen-bond donors (Lipinski definition) is 1. The number of H-pyrrole nitrogens is 1. The largest absolute Gasteiger partial charge is 0.468 e. The molecule has 2 unspecified atom stereocenters. The molecule has 4 nitrogen and oxygen atoms in total. The number of ketones is 1. The van der Waals surface area contributed by atoms with Crippen LogP contribution in [0.2, 0.25) is 0 Å². The molecule has 0 aliphatic rings. The van der Waals surface area contributed by atoms with Crippen LogP contribution in [0.25, 0.3) is 10.9 Å². The molecule has 1 heterocycles. The topological polar surface area (TPSA) is 59.2 Å². The fourth-order valence-electron chi connectivity index (χ4n) is 2.76. The van der Waals surface area contributed by atoms with E-state index in [-0.39, 0.29) is 11.8 Å². The van der Waals surface area contributed by atoms with E-state index in [9.17, 15) is 9.59 Å². The van der Waals surface area contributed by atoms with Crippen molar-refractivity contribution in [3.8, 4) is 0 Å². The smallest absolute Gasteiger partial charge is 0.318 e. The van der Waals surface area contributed by atoms with Gasteiger partial charge in [-0.2, -0.15) is 0 Å². The average Bonchev–Trinajstić information content (AvgIpc) is 3.09. The Morgan fingerprint density at radius 2 is 1.72 bits per heavy atom. The lowest BCUT2D eigenvalue weighted by atomic mass is 10.0. The molecule has 5 heteroatoms. The number of thioether (sulfide) groups is 1. The van der Waals surface area contributed by atoms with Gasteiger partial charge in [0.2, 0.25) is 0 Å². The predicted molar refractivity (Wildman–Crippen MR) is 101 cm³/mol. The third kappa shape index (κ3) is 3.61. The van der Waals surface area contributed by atoms with Crippen molar-refractivity contribution in [3.05, 3.63) is 71.9 Å². The van der Waals surface area contributed by atoms with Crippen LogP contribution in [-0.2, 0) is 9.53 Å². The Labute approximate surface area is 150 Å². The highest BCUT2D eigenvalue weighted by atomic mass is 32.2. The third-order valence-electron chi connectivity index (χ3n) is 4.07. The first-order chi connectivity index (χ1) is 12.1. The molecule has 0 saturated carbocycles. The van der Waals surface area contributed by atoms with Gasteiger partial charge in [-0.05, 0) is 18.6 Å². The number of aromatic nitrogens is 1. The lowest BCUT2D eigenvalue weighted by Gasteiger charge is -2.19. The number of para-hydroxylation sites is 1. The van der Waals surface area contributed by atoms with Crippen molar-refractivity contribution in [2.45, 2.75) is 17.4 Å². The number of rotatable bonds is 6. The number of aromatic amines is 1. The number of ether oxygens (including phenoxy) is 1. The molecule has 0 fully saturated rings. The standard InChI is InChI=1S/C20H19NO3S/c1-13(20(23)24-2)25-19(14-8-4-3-5-9-14)18(22)16-12-21-17-11-7-6-10-15(16)17/h3-13,19,21H,1-2H3. The van der Waals surface area contributed by atoms with Crippen molar-refractivity contribution in [1.82, 2.24) is 4.98 Å². The van der Waals surface area contributed by atoms with Gasteiger partial charge in [0.05, 0.1) is 12.4 Å². The van der Waals surface area contributed by atoms with Crippen LogP contribution in [-0.4, -0.2) is 29.1 Å². The minimum Gasteiger partial charge on any atom is -0.468 e. The molecule has 1 aromatic heterocycles. The number of hydrogen-bond acceptors (Lipinski definition) is 4. The molecule has 0 aliphatic carbocycles. The zero-order chi connectivity index (χ0) is 17.8. The quantitative estimate of drug-likeness (QED) is 0.527. The number of carbonyl (C=O) groups excluding carboxylic acids is 2. The molecular weight excluding hydrogens is 334 g/mol. The van der Waals surface area contributed by atoms with Crippen LogP contribution in [0.4, 0.5) is 0 Å². The van der Waals surface area contributed by atoms with Gasteiger partial charge < -0.3 is 9.72 Å². The summed E-state index contributed by atoms with van der Waals surface area (Å²) in [7, 11) is 1.36. The predicted octanol–water partition coefficient (Wildman–Crippen LogP) is 4.39. The summed E-state index contributed by atoms with van der Waals surface area (Å²) < 4.78 is 4.81. The number of nitrogens with one attached hydrogen (secondary N) is 1. The number of methoxy groups -OCH3 is 1. The summed E-state index contributed by atoms with van der Waals surface area (Å²) in [6.45, 7) is 1.76. The first-order valence-corrected chi connectivity index (χ1v) is 8.94. The van der Waals surface area contributed by atoms with E-state index in [0.29, 0.717) is 5.56 Å². The number of esters is 1. The molecule has 0 aliphatic heterocycles. The molecule has 25 heavy (non-hydrogen) atoms. The lowest BCUT2D eigenvalue weighted by molar-refractivity contribution is -0.139. The van der Waals surface area contributed by atoms with Crippen molar-refractivity contribution in [2.24, 2.45) is 0 Å². The van der Waals surface area contributed by atoms with Crippen LogP contribution in [0.5, 0.6) is 0 Å². The molecule has 2 aromatic carbocycles. The first kappa shape index (κ1) is 17.3. The van der Waals surface area contributed by atoms with E-state index in [0.717, 1.165) is 16.5 Å². The van der Waals surface area contributed by atoms with E-state index in [1.54, 1.807) is 13.1 Å². The maximum Gasteiger partial charge on any atom is 0.318 e. The highest BCUT2D eigenvalue weighted by Crippen LogP contribution is 2.37. The summed E-state index contributed by atoms with van der Waals surface area (Å²) in [5, 5.41) is -0.0291. The normalized spacial score (nSPS) is 13.4. The monoisotopic (exact) mass is 353 g/mol. The molecule has 0 radical (unpaired) electrons. The van der Waals surface area contributed by atoms with Crippen molar-refractivity contribution in [1.29, 1.82) is 0 Å². The van der Waals surface area contributed by atoms with Crippen LogP contribution in [0.15, 0.2) is 60.8 Å². The van der Waals surface area contributed by atoms with Gasteiger partial charge in [0, 0.05) is 22.7 Å². The summed E-state index contributed by atoms with van der Waals surface area (Å²) >= 11 is 1.31. The van der Waals surface area contributed by atoms with Gasteiger partial charge >= 0.3 is 5.97 Å². The zero-order valence-electron chi connectivity index (χ0n) is 14.1. The van der Waals surface area contributed by atoms with Gasteiger partial charge in [-0.15, -0.1) is 11.8 Å². The molecular formula is C20H19NO3S. The average molecular weight is 353 g/mol. The van der Waals surface area contributed by atoms with Crippen LogP contribution in [0.1, 0.15) is 28.1 Å². The van der Waals surface area contributed by atoms with Crippen LogP contribution < -0.4 is 0 Å². The van der Waals surface area contributed by atoms with Gasteiger partial charge in [-0.1, -0.05) is 48.5 Å². The van der Waals surface area contributed by atoms with E-state index in [4.69, 9.17) is 4.74 Å². The highest BCUT2D eigenvalue weighted by Gasteiger charge is 2.29. The fourth-order valence-corrected chi connectivity index (χ4v) is 3.94. The lowest BCUT2D eigenvalue weighted by Crippen LogP contribution is -2.20. The molecule has 0 saturated heterocycles. The van der Waals surface area contributed by atoms with Gasteiger partial charge in [-0.25, -0.2) is 0 Å². The Morgan fingerprint density at radius 1 is 1.04 bits per heavy atom. The van der Waals surface area contributed by atoms with Crippen LogP contribution >= 0.6 is 11.8 Å². The van der Waals surface area contributed by atoms with Gasteiger partial charge in [-0.3, -0.25) is 9.59 Å². The molecule has 2 atom stereocenters. The molecule has 1 N–H and O–H groups in total. The molecule has 0 amide bonds. The summed E-state index contributed by atoms with van der Waals surface area (Å²) in [5.74, 6) is -0.359. The SMILES string of the molecule is COC(=O)C(C)SC(C(=O)c1c[nH]c2ccccc12)c1ccccc1. The second-order valence-corrected chi connectivity index (χ2v) is 7.16. The van der Waals surface area contributed by atoms with Crippen molar-refractivity contribution in [3.63, 3.8) is 0 Å². The molecule has 0 bridgehead atoms. The number of fused-ring (bicyclic) bond motifs is 1. The number of carbonyl (C=O) groups is 2. The number of Topliss-reactive ketones (excluding diaryl/α,β-unsaturated/α-hetero) is 1. The second kappa shape index (κ2) is 7.57. The highest BCUT2D eigenvalue weighted by molar-refractivity contribution is 8.01. The summed E-state index contributed by atoms with van der Waals surface area (Å²) in [5.41, 5.74) is 2.43. The van der Waals surface area contributed by atoms with E-state index < -0.39 is 10.5 Å². The molecule has 128 valence electrons. The summed E-state index contributed by atoms with van der Waals surface area (Å²) in [6.07, 6.45) is 1.74. The van der Waals surface area contributed by atoms with Gasteiger partial charge in [0.1, 0.15) is 5.25 Å². The van der Waals surface area contributed by atoms with Crippen LogP contribution in [0.3, 0.4) is 0 Å². The van der Waals surface area contributed by atoms with E-state index in [1.165, 1.54) is 18.9 Å². The van der Waals surface area contributed by atoms with Gasteiger partial charge in [0.15, 0.2) is 5.78 Å². The molecule has 3 rings (SSSR count). The minimum atomic E-state index is -0.477. The Hall–Kier alpha value is -2.53. The Bertz CT molecular complexity index is 888. The van der Waals surface area contributed by atoms with Crippen molar-refractivity contribution in [2.75, 3.05) is 7.11 Å². The minimum absolute atomic E-state index is 0.0237. The summed E-state index contributed by atoms with van der Waals surface area (Å²) in [4.78, 5) is 28.3. The Morgan fingerprint density at radius 3 is 2.44 bits per heavy atom. The maximum absolute atomic E-state index is 13.3. The third-order valence-corrected chi connectivity index (χ3v) is 5.43. The molecule has 0 spiro atoms. The Balaban J connectivity index is 1.99. The van der Waals surface area contributed by atoms with E-state index in [2.05, 4.69) is 4.98 Å².